The van der Waals surface area contributed by atoms with E-state index in [4.69, 9.17) is 9.84 Å². The molecule has 1 aromatic rings. The van der Waals surface area contributed by atoms with Gasteiger partial charge in [0.1, 0.15) is 11.8 Å². The summed E-state index contributed by atoms with van der Waals surface area (Å²) in [5.41, 5.74) is 0.818. The van der Waals surface area contributed by atoms with Crippen molar-refractivity contribution in [2.24, 2.45) is 7.05 Å². The second kappa shape index (κ2) is 4.29. The van der Waals surface area contributed by atoms with Gasteiger partial charge in [-0.25, -0.2) is 4.79 Å². The Morgan fingerprint density at radius 3 is 3.00 bits per heavy atom. The number of rotatable bonds is 3. The van der Waals surface area contributed by atoms with Gasteiger partial charge in [0.05, 0.1) is 6.54 Å². The fourth-order valence-corrected chi connectivity index (χ4v) is 2.06. The molecule has 1 atom stereocenters. The van der Waals surface area contributed by atoms with Crippen LogP contribution in [0.1, 0.15) is 10.5 Å². The van der Waals surface area contributed by atoms with E-state index in [1.165, 1.54) is 0 Å². The summed E-state index contributed by atoms with van der Waals surface area (Å²) in [5.74, 6) is -0.334. The van der Waals surface area contributed by atoms with Crippen molar-refractivity contribution in [2.45, 2.75) is 6.10 Å². The zero-order valence-corrected chi connectivity index (χ0v) is 10.2. The summed E-state index contributed by atoms with van der Waals surface area (Å²) in [6.45, 7) is 1.42. The Kier molecular flexibility index (Phi) is 2.97. The van der Waals surface area contributed by atoms with Gasteiger partial charge in [-0.05, 0) is 14.1 Å². The van der Waals surface area contributed by atoms with Crippen molar-refractivity contribution in [3.05, 3.63) is 11.9 Å². The maximum atomic E-state index is 11.1. The van der Waals surface area contributed by atoms with Crippen LogP contribution in [0.2, 0.25) is 0 Å². The number of hydrogen-bond donors (Lipinski definition) is 2. The first-order valence-electron chi connectivity index (χ1n) is 5.47. The third-order valence-corrected chi connectivity index (χ3v) is 2.72. The highest BCUT2D eigenvalue weighted by Gasteiger charge is 2.27. The summed E-state index contributed by atoms with van der Waals surface area (Å²) in [4.78, 5) is 13.1. The van der Waals surface area contributed by atoms with Crippen LogP contribution in [0.3, 0.4) is 0 Å². The summed E-state index contributed by atoms with van der Waals surface area (Å²) in [6, 6.07) is 0. The molecule has 0 aliphatic carbocycles. The van der Waals surface area contributed by atoms with Crippen molar-refractivity contribution >= 4 is 11.7 Å². The lowest BCUT2D eigenvalue weighted by molar-refractivity contribution is 0.0687. The van der Waals surface area contributed by atoms with Crippen LogP contribution in [0, 0.1) is 0 Å². The lowest BCUT2D eigenvalue weighted by Crippen LogP contribution is -2.38. The van der Waals surface area contributed by atoms with Crippen LogP contribution in [-0.4, -0.2) is 53.8 Å². The van der Waals surface area contributed by atoms with Crippen LogP contribution in [0.4, 0.5) is 5.69 Å². The van der Waals surface area contributed by atoms with E-state index < -0.39 is 5.97 Å². The number of fused-ring (bicyclic) bond motifs is 1. The van der Waals surface area contributed by atoms with Gasteiger partial charge >= 0.3 is 5.97 Å². The number of nitrogens with one attached hydrogen (secondary N) is 1. The number of aromatic carboxylic acids is 1. The highest BCUT2D eigenvalue weighted by Crippen LogP contribution is 2.34. The highest BCUT2D eigenvalue weighted by molar-refractivity contribution is 5.95. The zero-order chi connectivity index (χ0) is 12.6. The molecule has 0 saturated heterocycles. The summed E-state index contributed by atoms with van der Waals surface area (Å²) in [5, 5.41) is 12.2. The minimum Gasteiger partial charge on any atom is -0.483 e. The molecular weight excluding hydrogens is 222 g/mol. The van der Waals surface area contributed by atoms with E-state index in [1.54, 1.807) is 17.8 Å². The molecule has 0 amide bonds. The molecule has 2 heterocycles. The molecule has 1 aromatic heterocycles. The summed E-state index contributed by atoms with van der Waals surface area (Å²) >= 11 is 0. The Balaban J connectivity index is 2.23. The number of aromatic nitrogens is 1. The van der Waals surface area contributed by atoms with Crippen LogP contribution < -0.4 is 10.1 Å². The Labute approximate surface area is 99.8 Å². The van der Waals surface area contributed by atoms with Gasteiger partial charge in [0.15, 0.2) is 11.4 Å². The third-order valence-electron chi connectivity index (χ3n) is 2.72. The molecule has 0 fully saturated rings. The molecule has 2 rings (SSSR count). The SMILES string of the molecule is CN(C)CC1CNc2c(cn(C)c2C(=O)O)O1. The number of carboxylic acids is 1. The van der Waals surface area contributed by atoms with Gasteiger partial charge in [0, 0.05) is 19.8 Å². The second-order valence-electron chi connectivity index (χ2n) is 4.52. The molecule has 1 aliphatic heterocycles. The van der Waals surface area contributed by atoms with Gasteiger partial charge in [0.25, 0.3) is 0 Å². The standard InChI is InChI=1S/C11H17N3O3/c1-13(2)5-7-4-12-9-8(17-7)6-14(3)10(9)11(15)16/h6-7,12H,4-5H2,1-3H3,(H,15,16). The van der Waals surface area contributed by atoms with Crippen LogP contribution in [0.15, 0.2) is 6.20 Å². The molecule has 2 N–H and O–H groups in total. The molecule has 0 bridgehead atoms. The van der Waals surface area contributed by atoms with Crippen molar-refractivity contribution in [1.29, 1.82) is 0 Å². The van der Waals surface area contributed by atoms with Crippen LogP contribution in [-0.2, 0) is 7.05 Å². The van der Waals surface area contributed by atoms with Gasteiger partial charge in [0.2, 0.25) is 0 Å². The van der Waals surface area contributed by atoms with Crippen molar-refractivity contribution in [3.8, 4) is 5.75 Å². The molecule has 0 saturated carbocycles. The molecule has 6 nitrogen and oxygen atoms in total. The van der Waals surface area contributed by atoms with Gasteiger partial charge in [-0.3, -0.25) is 0 Å². The third kappa shape index (κ3) is 2.21. The van der Waals surface area contributed by atoms with E-state index in [2.05, 4.69) is 5.32 Å². The predicted molar refractivity (Wildman–Crippen MR) is 63.8 cm³/mol. The van der Waals surface area contributed by atoms with Crippen LogP contribution >= 0.6 is 0 Å². The summed E-state index contributed by atoms with van der Waals surface area (Å²) in [6.07, 6.45) is 1.75. The summed E-state index contributed by atoms with van der Waals surface area (Å²) in [7, 11) is 5.66. The molecular formula is C11H17N3O3. The molecule has 17 heavy (non-hydrogen) atoms. The van der Waals surface area contributed by atoms with Crippen LogP contribution in [0.5, 0.6) is 5.75 Å². The highest BCUT2D eigenvalue weighted by atomic mass is 16.5. The first kappa shape index (κ1) is 11.8. The average Bonchev–Trinajstić information content (AvgIpc) is 2.51. The summed E-state index contributed by atoms with van der Waals surface area (Å²) < 4.78 is 7.33. The molecule has 6 heteroatoms. The van der Waals surface area contributed by atoms with E-state index in [9.17, 15) is 4.79 Å². The monoisotopic (exact) mass is 239 g/mol. The maximum Gasteiger partial charge on any atom is 0.354 e. The van der Waals surface area contributed by atoms with Crippen molar-refractivity contribution in [3.63, 3.8) is 0 Å². The normalized spacial score (nSPS) is 18.5. The van der Waals surface area contributed by atoms with E-state index >= 15 is 0 Å². The van der Waals surface area contributed by atoms with Gasteiger partial charge < -0.3 is 24.6 Å². The number of likely N-dealkylation sites (N-methyl/N-ethyl adjacent to an activating group) is 1. The number of ether oxygens (including phenoxy) is 1. The van der Waals surface area contributed by atoms with Crippen molar-refractivity contribution < 1.29 is 14.6 Å². The molecule has 0 radical (unpaired) electrons. The smallest absolute Gasteiger partial charge is 0.354 e. The molecule has 94 valence electrons. The lowest BCUT2D eigenvalue weighted by atomic mass is 10.2. The maximum absolute atomic E-state index is 11.1. The molecule has 0 aromatic carbocycles. The molecule has 0 spiro atoms. The van der Waals surface area contributed by atoms with Gasteiger partial charge in [-0.15, -0.1) is 0 Å². The first-order chi connectivity index (χ1) is 7.99. The molecule has 1 unspecified atom stereocenters. The first-order valence-corrected chi connectivity index (χ1v) is 5.47. The Morgan fingerprint density at radius 2 is 2.41 bits per heavy atom. The number of anilines is 1. The fraction of sp³-hybridized carbons (Fsp3) is 0.545. The van der Waals surface area contributed by atoms with E-state index in [1.807, 2.05) is 19.0 Å². The minimum absolute atomic E-state index is 0.0431. The predicted octanol–water partition coefficient (Wildman–Crippen LogP) is 0.458. The van der Waals surface area contributed by atoms with Crippen molar-refractivity contribution in [2.75, 3.05) is 32.5 Å². The lowest BCUT2D eigenvalue weighted by Gasteiger charge is -2.27. The van der Waals surface area contributed by atoms with E-state index in [0.29, 0.717) is 18.0 Å². The second-order valence-corrected chi connectivity index (χ2v) is 4.52. The zero-order valence-electron chi connectivity index (χ0n) is 10.2. The van der Waals surface area contributed by atoms with Crippen LogP contribution in [0.25, 0.3) is 0 Å². The number of carboxylic acid groups (broad SMARTS) is 1. The van der Waals surface area contributed by atoms with E-state index in [0.717, 1.165) is 6.54 Å². The topological polar surface area (TPSA) is 66.7 Å². The fourth-order valence-electron chi connectivity index (χ4n) is 2.06. The largest absolute Gasteiger partial charge is 0.483 e. The number of nitrogens with zero attached hydrogens (tertiary/aromatic N) is 2. The number of aryl methyl sites for hydroxylation is 1. The van der Waals surface area contributed by atoms with Crippen molar-refractivity contribution in [1.82, 2.24) is 9.47 Å². The van der Waals surface area contributed by atoms with Gasteiger partial charge in [-0.2, -0.15) is 0 Å². The average molecular weight is 239 g/mol. The Morgan fingerprint density at radius 1 is 1.71 bits per heavy atom. The van der Waals surface area contributed by atoms with E-state index in [-0.39, 0.29) is 11.8 Å². The Hall–Kier alpha value is -1.69. The van der Waals surface area contributed by atoms with Gasteiger partial charge in [-0.1, -0.05) is 0 Å². The minimum atomic E-state index is -0.948. The number of carbonyl (C=O) groups is 1. The number of hydrogen-bond acceptors (Lipinski definition) is 4. The quantitative estimate of drug-likeness (QED) is 0.802. The molecule has 1 aliphatic rings. The Bertz CT molecular complexity index is 439.